The Bertz CT molecular complexity index is 1490. The summed E-state index contributed by atoms with van der Waals surface area (Å²) in [4.78, 5) is 16.1. The molecule has 3 heterocycles. The van der Waals surface area contributed by atoms with Crippen molar-refractivity contribution in [3.8, 4) is 0 Å². The summed E-state index contributed by atoms with van der Waals surface area (Å²) in [6, 6.07) is 29.5. The Labute approximate surface area is 203 Å². The zero-order valence-corrected chi connectivity index (χ0v) is 19.3. The third kappa shape index (κ3) is 4.87. The van der Waals surface area contributed by atoms with Crippen molar-refractivity contribution in [2.75, 3.05) is 10.6 Å². The van der Waals surface area contributed by atoms with Crippen molar-refractivity contribution in [1.82, 2.24) is 19.9 Å². The van der Waals surface area contributed by atoms with Gasteiger partial charge in [0, 0.05) is 49.0 Å². The summed E-state index contributed by atoms with van der Waals surface area (Å²) in [5, 5.41) is 9.33. The van der Waals surface area contributed by atoms with Gasteiger partial charge in [0.25, 0.3) is 0 Å². The molecule has 0 saturated carbocycles. The van der Waals surface area contributed by atoms with Crippen molar-refractivity contribution >= 4 is 33.6 Å². The summed E-state index contributed by atoms with van der Waals surface area (Å²) in [6.07, 6.45) is 4.68. The highest BCUT2D eigenvalue weighted by Crippen LogP contribution is 2.19. The van der Waals surface area contributed by atoms with E-state index in [1.807, 2.05) is 24.5 Å². The van der Waals surface area contributed by atoms with Crippen LogP contribution in [0.2, 0.25) is 0 Å². The van der Waals surface area contributed by atoms with Crippen LogP contribution in [0.3, 0.4) is 0 Å². The number of nitrogens with one attached hydrogen (secondary N) is 4. The standard InChI is InChI=1S/C29H26N6/c1-2-4-20(5-3-1)16-25-17-28(32-18-21-6-8-26-23(14-21)10-12-30-26)35-29(34-25)33-19-22-7-9-27-24(15-22)11-13-31-27/h1-15,17,30-31H,16,18-19H2,(H2,32,33,34,35). The SMILES string of the molecule is c1ccc(Cc2cc(NCc3ccc4[nH]ccc4c3)nc(NCc3ccc4[nH]ccc4c3)n2)cc1. The van der Waals surface area contributed by atoms with E-state index in [1.54, 1.807) is 0 Å². The number of nitrogens with zero attached hydrogens (tertiary/aromatic N) is 2. The molecule has 0 aliphatic carbocycles. The molecule has 0 atom stereocenters. The summed E-state index contributed by atoms with van der Waals surface area (Å²) in [7, 11) is 0. The number of aromatic amines is 2. The van der Waals surface area contributed by atoms with Crippen molar-refractivity contribution in [2.24, 2.45) is 0 Å². The lowest BCUT2D eigenvalue weighted by atomic mass is 10.1. The number of H-pyrrole nitrogens is 2. The second kappa shape index (κ2) is 9.35. The number of fused-ring (bicyclic) bond motifs is 2. The molecule has 172 valence electrons. The van der Waals surface area contributed by atoms with Gasteiger partial charge in [-0.2, -0.15) is 4.98 Å². The highest BCUT2D eigenvalue weighted by molar-refractivity contribution is 5.80. The predicted octanol–water partition coefficient (Wildman–Crippen LogP) is 6.25. The van der Waals surface area contributed by atoms with Crippen LogP contribution in [0.1, 0.15) is 22.4 Å². The fraction of sp³-hybridized carbons (Fsp3) is 0.103. The number of hydrogen-bond acceptors (Lipinski definition) is 4. The van der Waals surface area contributed by atoms with E-state index in [4.69, 9.17) is 9.97 Å². The normalized spacial score (nSPS) is 11.2. The van der Waals surface area contributed by atoms with E-state index in [-0.39, 0.29) is 0 Å². The molecule has 3 aromatic carbocycles. The van der Waals surface area contributed by atoms with Crippen LogP contribution < -0.4 is 10.6 Å². The van der Waals surface area contributed by atoms with Crippen LogP contribution in [0.25, 0.3) is 21.8 Å². The largest absolute Gasteiger partial charge is 0.366 e. The van der Waals surface area contributed by atoms with Gasteiger partial charge in [0.15, 0.2) is 0 Å². The summed E-state index contributed by atoms with van der Waals surface area (Å²) < 4.78 is 0. The van der Waals surface area contributed by atoms with Crippen LogP contribution in [0, 0.1) is 0 Å². The van der Waals surface area contributed by atoms with Crippen LogP contribution in [-0.4, -0.2) is 19.9 Å². The third-order valence-corrected chi connectivity index (χ3v) is 6.17. The van der Waals surface area contributed by atoms with Gasteiger partial charge in [-0.05, 0) is 63.9 Å². The number of benzene rings is 3. The fourth-order valence-corrected chi connectivity index (χ4v) is 4.36. The van der Waals surface area contributed by atoms with E-state index in [0.717, 1.165) is 29.0 Å². The molecule has 6 heteroatoms. The number of anilines is 2. The van der Waals surface area contributed by atoms with E-state index in [0.29, 0.717) is 19.0 Å². The first-order valence-corrected chi connectivity index (χ1v) is 11.8. The highest BCUT2D eigenvalue weighted by atomic mass is 15.1. The molecule has 0 amide bonds. The first-order chi connectivity index (χ1) is 17.3. The predicted molar refractivity (Wildman–Crippen MR) is 143 cm³/mol. The van der Waals surface area contributed by atoms with Gasteiger partial charge in [-0.15, -0.1) is 0 Å². The molecular weight excluding hydrogens is 432 g/mol. The van der Waals surface area contributed by atoms with Gasteiger partial charge in [-0.1, -0.05) is 42.5 Å². The Morgan fingerprint density at radius 2 is 1.26 bits per heavy atom. The van der Waals surface area contributed by atoms with Crippen LogP contribution in [0.4, 0.5) is 11.8 Å². The molecule has 0 spiro atoms. The quantitative estimate of drug-likeness (QED) is 0.217. The van der Waals surface area contributed by atoms with E-state index >= 15 is 0 Å². The van der Waals surface area contributed by atoms with Crippen LogP contribution in [-0.2, 0) is 19.5 Å². The average Bonchev–Trinajstić information content (AvgIpc) is 3.55. The monoisotopic (exact) mass is 458 g/mol. The first-order valence-electron chi connectivity index (χ1n) is 11.8. The molecule has 0 bridgehead atoms. The van der Waals surface area contributed by atoms with Crippen LogP contribution in [0.15, 0.2) is 97.3 Å². The Balaban J connectivity index is 1.23. The second-order valence-electron chi connectivity index (χ2n) is 8.74. The molecule has 0 aliphatic heterocycles. The van der Waals surface area contributed by atoms with E-state index in [2.05, 4.69) is 93.4 Å². The lowest BCUT2D eigenvalue weighted by Crippen LogP contribution is -2.09. The molecule has 6 rings (SSSR count). The van der Waals surface area contributed by atoms with Crippen molar-refractivity contribution in [3.63, 3.8) is 0 Å². The molecule has 6 nitrogen and oxygen atoms in total. The topological polar surface area (TPSA) is 81.4 Å². The summed E-state index contributed by atoms with van der Waals surface area (Å²) in [5.41, 5.74) is 6.86. The highest BCUT2D eigenvalue weighted by Gasteiger charge is 2.08. The zero-order chi connectivity index (χ0) is 23.5. The first kappa shape index (κ1) is 21.0. The minimum Gasteiger partial charge on any atom is -0.366 e. The van der Waals surface area contributed by atoms with Gasteiger partial charge in [0.1, 0.15) is 5.82 Å². The molecule has 3 aromatic heterocycles. The molecule has 0 fully saturated rings. The van der Waals surface area contributed by atoms with Crippen molar-refractivity contribution in [2.45, 2.75) is 19.5 Å². The van der Waals surface area contributed by atoms with Crippen LogP contribution in [0.5, 0.6) is 0 Å². The molecule has 0 aliphatic rings. The zero-order valence-electron chi connectivity index (χ0n) is 19.3. The summed E-state index contributed by atoms with van der Waals surface area (Å²) in [6.45, 7) is 1.34. The fourth-order valence-electron chi connectivity index (χ4n) is 4.36. The average molecular weight is 459 g/mol. The lowest BCUT2D eigenvalue weighted by molar-refractivity contribution is 0.983. The molecule has 0 radical (unpaired) electrons. The molecule has 35 heavy (non-hydrogen) atoms. The van der Waals surface area contributed by atoms with Crippen molar-refractivity contribution in [3.05, 3.63) is 120 Å². The molecular formula is C29H26N6. The Kier molecular flexibility index (Phi) is 5.60. The Morgan fingerprint density at radius 1 is 0.600 bits per heavy atom. The summed E-state index contributed by atoms with van der Waals surface area (Å²) in [5.74, 6) is 1.43. The Morgan fingerprint density at radius 3 is 1.94 bits per heavy atom. The molecule has 0 unspecified atom stereocenters. The van der Waals surface area contributed by atoms with Gasteiger partial charge in [0.05, 0.1) is 5.69 Å². The summed E-state index contributed by atoms with van der Waals surface area (Å²) >= 11 is 0. The minimum atomic E-state index is 0.621. The third-order valence-electron chi connectivity index (χ3n) is 6.17. The molecule has 6 aromatic rings. The van der Waals surface area contributed by atoms with Crippen molar-refractivity contribution < 1.29 is 0 Å². The van der Waals surface area contributed by atoms with Crippen LogP contribution >= 0.6 is 0 Å². The van der Waals surface area contributed by atoms with E-state index < -0.39 is 0 Å². The van der Waals surface area contributed by atoms with Crippen molar-refractivity contribution in [1.29, 1.82) is 0 Å². The molecule has 4 N–H and O–H groups in total. The van der Waals surface area contributed by atoms with Gasteiger partial charge in [-0.25, -0.2) is 4.98 Å². The van der Waals surface area contributed by atoms with E-state index in [9.17, 15) is 0 Å². The van der Waals surface area contributed by atoms with Gasteiger partial charge in [0.2, 0.25) is 5.95 Å². The molecule has 0 saturated heterocycles. The Hall–Kier alpha value is -4.58. The van der Waals surface area contributed by atoms with E-state index in [1.165, 1.54) is 27.5 Å². The number of rotatable bonds is 8. The number of aromatic nitrogens is 4. The lowest BCUT2D eigenvalue weighted by Gasteiger charge is -2.12. The minimum absolute atomic E-state index is 0.621. The second-order valence-corrected chi connectivity index (χ2v) is 8.74. The smallest absolute Gasteiger partial charge is 0.225 e. The maximum atomic E-state index is 4.81. The van der Waals surface area contributed by atoms with Gasteiger partial charge in [-0.3, -0.25) is 0 Å². The maximum absolute atomic E-state index is 4.81. The maximum Gasteiger partial charge on any atom is 0.225 e. The van der Waals surface area contributed by atoms with Gasteiger partial charge < -0.3 is 20.6 Å². The number of hydrogen-bond donors (Lipinski definition) is 4. The van der Waals surface area contributed by atoms with Gasteiger partial charge >= 0.3 is 0 Å².